The number of carbonyl (C=O) groups excluding carboxylic acids is 2. The van der Waals surface area contributed by atoms with E-state index in [0.717, 1.165) is 29.5 Å². The van der Waals surface area contributed by atoms with Crippen molar-refractivity contribution in [2.45, 2.75) is 0 Å². The summed E-state index contributed by atoms with van der Waals surface area (Å²) in [6, 6.07) is 7.70. The van der Waals surface area contributed by atoms with Crippen LogP contribution in [0.15, 0.2) is 35.2 Å². The van der Waals surface area contributed by atoms with Crippen LogP contribution in [-0.4, -0.2) is 27.9 Å². The maximum Gasteiger partial charge on any atom is 0.338 e. The Morgan fingerprint density at radius 1 is 1.25 bits per heavy atom. The van der Waals surface area contributed by atoms with Crippen LogP contribution in [0.3, 0.4) is 0 Å². The molecule has 164 valence electrons. The second-order valence-corrected chi connectivity index (χ2v) is 10.8. The molecular weight excluding hydrogens is 719 g/mol. The first-order valence-corrected chi connectivity index (χ1v) is 12.7. The van der Waals surface area contributed by atoms with E-state index < -0.39 is 11.9 Å². The zero-order chi connectivity index (χ0) is 23.4. The minimum absolute atomic E-state index is 0.167. The number of anilines is 1. The van der Waals surface area contributed by atoms with Crippen molar-refractivity contribution in [2.24, 2.45) is 0 Å². The van der Waals surface area contributed by atoms with E-state index in [1.165, 1.54) is 6.07 Å². The van der Waals surface area contributed by atoms with Crippen LogP contribution in [0.25, 0.3) is 6.08 Å². The van der Waals surface area contributed by atoms with Crippen LogP contribution < -0.4 is 15.5 Å². The fraction of sp³-hybridized carbons (Fsp3) is 0.0500. The van der Waals surface area contributed by atoms with Crippen LogP contribution in [0, 0.1) is 19.5 Å². The minimum Gasteiger partial charge on any atom is -0.479 e. The van der Waals surface area contributed by atoms with Gasteiger partial charge in [-0.15, -0.1) is 6.42 Å². The van der Waals surface area contributed by atoms with Gasteiger partial charge < -0.3 is 10.1 Å². The Kier molecular flexibility index (Phi) is 8.93. The van der Waals surface area contributed by atoms with Crippen molar-refractivity contribution in [1.82, 2.24) is 10.4 Å². The average molecular weight is 730 g/mol. The topological polar surface area (TPSA) is 70.7 Å². The molecule has 1 aliphatic rings. The maximum atomic E-state index is 12.8. The van der Waals surface area contributed by atoms with E-state index in [-0.39, 0.29) is 16.0 Å². The molecule has 0 aliphatic carbocycles. The standard InChI is InChI=1S/C20H11Cl2I2N3O3S2/c1-2-5-30-17-14(23)6-10(7-15(17)24)8-16-18(28)27(20(31)32-16)26-19(29)25-11-3-4-12(21)13(22)9-11/h1,3-4,6-9H,5H2,(H2,25,26,29)/b16-8-. The molecule has 32 heavy (non-hydrogen) atoms. The highest BCUT2D eigenvalue weighted by Gasteiger charge is 2.33. The summed E-state index contributed by atoms with van der Waals surface area (Å²) >= 11 is 22.4. The number of nitrogens with one attached hydrogen (secondary N) is 2. The number of terminal acetylenes is 1. The van der Waals surface area contributed by atoms with Gasteiger partial charge in [0.2, 0.25) is 0 Å². The van der Waals surface area contributed by atoms with Gasteiger partial charge in [-0.1, -0.05) is 40.9 Å². The van der Waals surface area contributed by atoms with Crippen LogP contribution in [0.1, 0.15) is 5.56 Å². The minimum atomic E-state index is -0.653. The molecular formula is C20H11Cl2I2N3O3S2. The van der Waals surface area contributed by atoms with E-state index in [9.17, 15) is 9.59 Å². The normalized spacial score (nSPS) is 14.5. The van der Waals surface area contributed by atoms with Crippen molar-refractivity contribution in [2.75, 3.05) is 11.9 Å². The molecule has 0 spiro atoms. The van der Waals surface area contributed by atoms with E-state index >= 15 is 0 Å². The molecule has 0 aromatic heterocycles. The van der Waals surface area contributed by atoms with Crippen LogP contribution in [0.2, 0.25) is 10.0 Å². The number of hydrogen-bond donors (Lipinski definition) is 2. The smallest absolute Gasteiger partial charge is 0.338 e. The molecule has 2 N–H and O–H groups in total. The monoisotopic (exact) mass is 729 g/mol. The highest BCUT2D eigenvalue weighted by Crippen LogP contribution is 2.34. The Hall–Kier alpha value is -1.24. The number of carbonyl (C=O) groups is 2. The second-order valence-electron chi connectivity index (χ2n) is 6.02. The van der Waals surface area contributed by atoms with Crippen LogP contribution in [0.5, 0.6) is 5.75 Å². The van der Waals surface area contributed by atoms with Gasteiger partial charge in [-0.25, -0.2) is 10.2 Å². The van der Waals surface area contributed by atoms with E-state index in [0.29, 0.717) is 21.4 Å². The Morgan fingerprint density at radius 3 is 2.56 bits per heavy atom. The third-order valence-electron chi connectivity index (χ3n) is 3.80. The van der Waals surface area contributed by atoms with Gasteiger partial charge >= 0.3 is 6.03 Å². The van der Waals surface area contributed by atoms with Crippen molar-refractivity contribution in [3.8, 4) is 18.1 Å². The summed E-state index contributed by atoms with van der Waals surface area (Å²) in [4.78, 5) is 25.5. The van der Waals surface area contributed by atoms with Gasteiger partial charge in [-0.3, -0.25) is 4.79 Å². The van der Waals surface area contributed by atoms with Crippen molar-refractivity contribution < 1.29 is 14.3 Å². The predicted octanol–water partition coefficient (Wildman–Crippen LogP) is 6.15. The molecule has 2 aromatic rings. The quantitative estimate of drug-likeness (QED) is 0.167. The Balaban J connectivity index is 1.72. The number of urea groups is 1. The lowest BCUT2D eigenvalue weighted by atomic mass is 10.2. The Bertz CT molecular complexity index is 1180. The Morgan fingerprint density at radius 2 is 1.94 bits per heavy atom. The maximum absolute atomic E-state index is 12.8. The molecule has 6 nitrogen and oxygen atoms in total. The van der Waals surface area contributed by atoms with Crippen LogP contribution in [-0.2, 0) is 4.79 Å². The van der Waals surface area contributed by atoms with Gasteiger partial charge in [0.1, 0.15) is 12.4 Å². The molecule has 0 atom stereocenters. The molecule has 3 rings (SSSR count). The number of amides is 3. The summed E-state index contributed by atoms with van der Waals surface area (Å²) in [6.45, 7) is 0.167. The van der Waals surface area contributed by atoms with Gasteiger partial charge in [-0.2, -0.15) is 5.01 Å². The molecule has 1 aliphatic heterocycles. The molecule has 0 radical (unpaired) electrons. The van der Waals surface area contributed by atoms with Gasteiger partial charge in [0, 0.05) is 5.69 Å². The molecule has 0 unspecified atom stereocenters. The van der Waals surface area contributed by atoms with Crippen LogP contribution >= 0.6 is 92.4 Å². The van der Waals surface area contributed by atoms with Gasteiger partial charge in [-0.05, 0) is 99.4 Å². The highest BCUT2D eigenvalue weighted by molar-refractivity contribution is 14.1. The van der Waals surface area contributed by atoms with E-state index in [1.54, 1.807) is 18.2 Å². The van der Waals surface area contributed by atoms with E-state index in [1.807, 2.05) is 12.1 Å². The van der Waals surface area contributed by atoms with Gasteiger partial charge in [0.25, 0.3) is 5.91 Å². The highest BCUT2D eigenvalue weighted by atomic mass is 127. The van der Waals surface area contributed by atoms with Crippen molar-refractivity contribution in [3.05, 3.63) is 58.0 Å². The zero-order valence-electron chi connectivity index (χ0n) is 15.7. The molecule has 0 saturated carbocycles. The number of thiocarbonyl (C=S) groups is 1. The zero-order valence-corrected chi connectivity index (χ0v) is 23.2. The number of hydrazine groups is 1. The molecule has 1 fully saturated rings. The number of halogens is 4. The number of nitrogens with zero attached hydrogens (tertiary/aromatic N) is 1. The molecule has 0 bridgehead atoms. The molecule has 12 heteroatoms. The van der Waals surface area contributed by atoms with Gasteiger partial charge in [0.05, 0.1) is 22.1 Å². The summed E-state index contributed by atoms with van der Waals surface area (Å²) < 4.78 is 7.46. The second kappa shape index (κ2) is 11.3. The Labute approximate surface area is 231 Å². The average Bonchev–Trinajstić information content (AvgIpc) is 2.97. The van der Waals surface area contributed by atoms with Crippen molar-refractivity contribution in [1.29, 1.82) is 0 Å². The molecule has 1 saturated heterocycles. The molecule has 3 amide bonds. The van der Waals surface area contributed by atoms with Crippen molar-refractivity contribution in [3.63, 3.8) is 0 Å². The SMILES string of the molecule is C#CCOc1c(I)cc(/C=C2\SC(=S)N(NC(=O)Nc3ccc(Cl)c(Cl)c3)C2=O)cc1I. The number of hydrogen-bond acceptors (Lipinski definition) is 5. The lowest BCUT2D eigenvalue weighted by Crippen LogP contribution is -2.46. The fourth-order valence-electron chi connectivity index (χ4n) is 2.46. The third-order valence-corrected chi connectivity index (χ3v) is 7.45. The van der Waals surface area contributed by atoms with Crippen molar-refractivity contribution >= 4 is 120 Å². The third kappa shape index (κ3) is 6.21. The number of benzene rings is 2. The first kappa shape index (κ1) is 25.4. The number of ether oxygens (including phenoxy) is 1. The summed E-state index contributed by atoms with van der Waals surface area (Å²) in [5, 5.41) is 4.24. The number of thioether (sulfide) groups is 1. The van der Waals surface area contributed by atoms with E-state index in [4.69, 9.17) is 46.6 Å². The summed E-state index contributed by atoms with van der Waals surface area (Å²) in [5.41, 5.74) is 3.64. The summed E-state index contributed by atoms with van der Waals surface area (Å²) in [5.74, 6) is 2.68. The predicted molar refractivity (Wildman–Crippen MR) is 150 cm³/mol. The lowest BCUT2D eigenvalue weighted by Gasteiger charge is -2.16. The van der Waals surface area contributed by atoms with E-state index in [2.05, 4.69) is 61.8 Å². The molecule has 1 heterocycles. The van der Waals surface area contributed by atoms with Gasteiger partial charge in [0.15, 0.2) is 4.32 Å². The summed E-state index contributed by atoms with van der Waals surface area (Å²) in [6.07, 6.45) is 6.96. The fourth-order valence-corrected chi connectivity index (χ4v) is 6.07. The van der Waals surface area contributed by atoms with Crippen LogP contribution in [0.4, 0.5) is 10.5 Å². The first-order chi connectivity index (χ1) is 15.2. The lowest BCUT2D eigenvalue weighted by molar-refractivity contribution is -0.123. The molecule has 2 aromatic carbocycles. The summed E-state index contributed by atoms with van der Waals surface area (Å²) in [7, 11) is 0. The first-order valence-electron chi connectivity index (χ1n) is 8.55. The number of rotatable bonds is 5. The largest absolute Gasteiger partial charge is 0.479 e.